The predicted octanol–water partition coefficient (Wildman–Crippen LogP) is 4.03. The quantitative estimate of drug-likeness (QED) is 0.244. The molecule has 11 heteroatoms. The van der Waals surface area contributed by atoms with E-state index in [1.54, 1.807) is 37.4 Å². The maximum absolute atomic E-state index is 13.4. The summed E-state index contributed by atoms with van der Waals surface area (Å²) in [5, 5.41) is 0. The first kappa shape index (κ1) is 29.1. The predicted molar refractivity (Wildman–Crippen MR) is 136 cm³/mol. The second-order valence-corrected chi connectivity index (χ2v) is 10.1. The summed E-state index contributed by atoms with van der Waals surface area (Å²) in [6.45, 7) is 7.43. The highest BCUT2D eigenvalue weighted by atomic mass is 32.1. The van der Waals surface area contributed by atoms with Crippen LogP contribution < -0.4 is 9.47 Å². The van der Waals surface area contributed by atoms with Gasteiger partial charge in [0.15, 0.2) is 6.10 Å². The van der Waals surface area contributed by atoms with Crippen LogP contribution in [-0.2, 0) is 33.3 Å². The second kappa shape index (κ2) is 12.9. The number of hydrogen-bond acceptors (Lipinski definition) is 11. The Hall–Kier alpha value is -3.44. The van der Waals surface area contributed by atoms with Gasteiger partial charge in [-0.15, -0.1) is 11.3 Å². The highest BCUT2D eigenvalue weighted by Crippen LogP contribution is 2.38. The third-order valence-electron chi connectivity index (χ3n) is 5.66. The zero-order valence-corrected chi connectivity index (χ0v) is 23.0. The summed E-state index contributed by atoms with van der Waals surface area (Å²) in [4.78, 5) is 49.8. The van der Waals surface area contributed by atoms with E-state index in [9.17, 15) is 19.2 Å². The molecule has 0 spiro atoms. The molecule has 4 unspecified atom stereocenters. The molecule has 2 heterocycles. The molecular formula is C27H32O10S. The summed E-state index contributed by atoms with van der Waals surface area (Å²) < 4.78 is 33.3. The Morgan fingerprint density at radius 2 is 1.66 bits per heavy atom. The first-order chi connectivity index (χ1) is 18.0. The van der Waals surface area contributed by atoms with Crippen LogP contribution in [0.15, 0.2) is 30.3 Å². The normalized spacial score (nSPS) is 20.9. The van der Waals surface area contributed by atoms with Gasteiger partial charge in [0.1, 0.15) is 35.2 Å². The van der Waals surface area contributed by atoms with Crippen LogP contribution in [0.5, 0.6) is 11.5 Å². The molecule has 1 aromatic carbocycles. The molecule has 0 radical (unpaired) electrons. The van der Waals surface area contributed by atoms with Crippen molar-refractivity contribution in [2.45, 2.75) is 71.6 Å². The van der Waals surface area contributed by atoms with Gasteiger partial charge in [0.25, 0.3) is 0 Å². The summed E-state index contributed by atoms with van der Waals surface area (Å²) in [6.07, 6.45) is -3.92. The Morgan fingerprint density at radius 1 is 1.00 bits per heavy atom. The van der Waals surface area contributed by atoms with Crippen LogP contribution in [0.4, 0.5) is 0 Å². The van der Waals surface area contributed by atoms with Gasteiger partial charge in [-0.05, 0) is 36.2 Å². The van der Waals surface area contributed by atoms with Crippen LogP contribution in [0, 0.1) is 0 Å². The van der Waals surface area contributed by atoms with Crippen molar-refractivity contribution in [3.63, 3.8) is 0 Å². The second-order valence-electron chi connectivity index (χ2n) is 9.04. The van der Waals surface area contributed by atoms with Crippen LogP contribution >= 0.6 is 11.3 Å². The van der Waals surface area contributed by atoms with Crippen molar-refractivity contribution in [3.05, 3.63) is 45.6 Å². The number of rotatable bonds is 10. The van der Waals surface area contributed by atoms with E-state index >= 15 is 0 Å². The average molecular weight is 549 g/mol. The molecule has 2 aromatic rings. The molecule has 1 saturated heterocycles. The standard InChI is InChI=1S/C27H32O10S/c1-14(2)23-11-21(27(38-23)25(31)18-7-9-19(32-6)10-8-18)36-24-12-20(34-16(4)29)26(35-17(5)30)22(37-24)13-33-15(3)28/h7-11,14,20,22,24,26H,12-13H2,1-6H3. The number of hydrogen-bond donors (Lipinski definition) is 0. The van der Waals surface area contributed by atoms with Crippen molar-refractivity contribution in [2.75, 3.05) is 13.7 Å². The minimum Gasteiger partial charge on any atom is -0.497 e. The van der Waals surface area contributed by atoms with Crippen LogP contribution in [0.2, 0.25) is 0 Å². The van der Waals surface area contributed by atoms with E-state index in [0.717, 1.165) is 4.88 Å². The highest BCUT2D eigenvalue weighted by molar-refractivity contribution is 7.14. The van der Waals surface area contributed by atoms with Crippen molar-refractivity contribution in [1.29, 1.82) is 0 Å². The molecule has 1 aliphatic rings. The molecule has 38 heavy (non-hydrogen) atoms. The molecule has 0 N–H and O–H groups in total. The Kier molecular flexibility index (Phi) is 9.87. The van der Waals surface area contributed by atoms with Gasteiger partial charge in [-0.1, -0.05) is 13.8 Å². The number of methoxy groups -OCH3 is 1. The van der Waals surface area contributed by atoms with Gasteiger partial charge in [0.2, 0.25) is 12.1 Å². The van der Waals surface area contributed by atoms with Crippen molar-refractivity contribution in [1.82, 2.24) is 0 Å². The minimum absolute atomic E-state index is 0.0110. The number of ether oxygens (including phenoxy) is 6. The number of thiophene rings is 1. The van der Waals surface area contributed by atoms with E-state index in [2.05, 4.69) is 0 Å². The molecule has 0 amide bonds. The first-order valence-electron chi connectivity index (χ1n) is 12.1. The fourth-order valence-corrected chi connectivity index (χ4v) is 4.97. The molecule has 1 aliphatic heterocycles. The zero-order chi connectivity index (χ0) is 28.0. The molecule has 10 nitrogen and oxygen atoms in total. The topological polar surface area (TPSA) is 124 Å². The lowest BCUT2D eigenvalue weighted by molar-refractivity contribution is -0.245. The molecule has 0 aliphatic carbocycles. The van der Waals surface area contributed by atoms with Gasteiger partial charge in [-0.3, -0.25) is 19.2 Å². The van der Waals surface area contributed by atoms with Crippen LogP contribution in [0.1, 0.15) is 67.1 Å². The van der Waals surface area contributed by atoms with E-state index in [1.807, 2.05) is 13.8 Å². The van der Waals surface area contributed by atoms with Crippen LogP contribution in [0.3, 0.4) is 0 Å². The molecular weight excluding hydrogens is 516 g/mol. The van der Waals surface area contributed by atoms with Crippen molar-refractivity contribution >= 4 is 35.0 Å². The maximum atomic E-state index is 13.4. The summed E-state index contributed by atoms with van der Waals surface area (Å²) >= 11 is 1.32. The number of carbonyl (C=O) groups is 4. The first-order valence-corrected chi connectivity index (χ1v) is 12.9. The maximum Gasteiger partial charge on any atom is 0.303 e. The summed E-state index contributed by atoms with van der Waals surface area (Å²) in [6, 6.07) is 8.54. The van der Waals surface area contributed by atoms with E-state index in [1.165, 1.54) is 32.1 Å². The largest absolute Gasteiger partial charge is 0.497 e. The van der Waals surface area contributed by atoms with Crippen LogP contribution in [-0.4, -0.2) is 62.0 Å². The van der Waals surface area contributed by atoms with Gasteiger partial charge in [-0.25, -0.2) is 0 Å². The van der Waals surface area contributed by atoms with Gasteiger partial charge < -0.3 is 28.4 Å². The Morgan fingerprint density at radius 3 is 2.21 bits per heavy atom. The number of carbonyl (C=O) groups excluding carboxylic acids is 4. The van der Waals surface area contributed by atoms with Gasteiger partial charge in [-0.2, -0.15) is 0 Å². The number of benzene rings is 1. The zero-order valence-electron chi connectivity index (χ0n) is 22.2. The van der Waals surface area contributed by atoms with E-state index in [0.29, 0.717) is 21.9 Å². The fraction of sp³-hybridized carbons (Fsp3) is 0.481. The minimum atomic E-state index is -1.02. The molecule has 3 rings (SSSR count). The lowest BCUT2D eigenvalue weighted by atomic mass is 10.0. The van der Waals surface area contributed by atoms with Crippen LogP contribution in [0.25, 0.3) is 0 Å². The molecule has 0 bridgehead atoms. The van der Waals surface area contributed by atoms with Crippen molar-refractivity contribution in [3.8, 4) is 11.5 Å². The van der Waals surface area contributed by atoms with Crippen molar-refractivity contribution in [2.24, 2.45) is 0 Å². The van der Waals surface area contributed by atoms with Gasteiger partial charge >= 0.3 is 17.9 Å². The highest BCUT2D eigenvalue weighted by Gasteiger charge is 2.45. The van der Waals surface area contributed by atoms with E-state index < -0.39 is 42.5 Å². The van der Waals surface area contributed by atoms with E-state index in [4.69, 9.17) is 28.4 Å². The lowest BCUT2D eigenvalue weighted by Crippen LogP contribution is -2.54. The molecule has 1 aromatic heterocycles. The SMILES string of the molecule is COc1ccc(C(=O)c2sc(C(C)C)cc2OC2CC(OC(C)=O)C(OC(C)=O)C(COC(C)=O)O2)cc1. The Bertz CT molecular complexity index is 1150. The third kappa shape index (κ3) is 7.55. The third-order valence-corrected chi connectivity index (χ3v) is 7.07. The van der Waals surface area contributed by atoms with E-state index in [-0.39, 0.29) is 24.7 Å². The number of ketones is 1. The number of esters is 3. The van der Waals surface area contributed by atoms with Crippen molar-refractivity contribution < 1.29 is 47.6 Å². The Labute approximate surface area is 225 Å². The molecule has 4 atom stereocenters. The molecule has 0 saturated carbocycles. The average Bonchev–Trinajstić information content (AvgIpc) is 3.27. The lowest BCUT2D eigenvalue weighted by Gasteiger charge is -2.39. The summed E-state index contributed by atoms with van der Waals surface area (Å²) in [7, 11) is 1.55. The molecule has 1 fully saturated rings. The summed E-state index contributed by atoms with van der Waals surface area (Å²) in [5.41, 5.74) is 0.456. The van der Waals surface area contributed by atoms with Gasteiger partial charge in [0, 0.05) is 31.2 Å². The van der Waals surface area contributed by atoms with Gasteiger partial charge in [0.05, 0.1) is 13.5 Å². The fourth-order valence-electron chi connectivity index (χ4n) is 3.91. The molecule has 206 valence electrons. The monoisotopic (exact) mass is 548 g/mol. The summed E-state index contributed by atoms with van der Waals surface area (Å²) in [5.74, 6) is -0.938. The smallest absolute Gasteiger partial charge is 0.303 e. The Balaban J connectivity index is 1.92.